The van der Waals surface area contributed by atoms with Crippen molar-refractivity contribution in [3.63, 3.8) is 0 Å². The Bertz CT molecular complexity index is 3430. The van der Waals surface area contributed by atoms with E-state index < -0.39 is 0 Å². The fraction of sp³-hybridized carbons (Fsp3) is 0.167. The van der Waals surface area contributed by atoms with Crippen LogP contribution < -0.4 is 9.64 Å². The van der Waals surface area contributed by atoms with E-state index in [1.807, 2.05) is 0 Å². The second-order valence-electron chi connectivity index (χ2n) is 19.1. The van der Waals surface area contributed by atoms with Crippen LogP contribution in [0.5, 0.6) is 11.5 Å². The summed E-state index contributed by atoms with van der Waals surface area (Å²) in [6, 6.07) is 69.7. The fourth-order valence-electron chi connectivity index (χ4n) is 13.3. The highest BCUT2D eigenvalue weighted by atomic mass is 16.5. The van der Waals surface area contributed by atoms with Crippen molar-refractivity contribution < 1.29 is 4.74 Å². The van der Waals surface area contributed by atoms with Gasteiger partial charge in [0.1, 0.15) is 0 Å². The van der Waals surface area contributed by atoms with Gasteiger partial charge in [0.2, 0.25) is 0 Å². The van der Waals surface area contributed by atoms with Gasteiger partial charge in [0.15, 0.2) is 11.5 Å². The number of hydrogen-bond donors (Lipinski definition) is 0. The highest BCUT2D eigenvalue weighted by Gasteiger charge is 2.51. The first kappa shape index (κ1) is 35.5. The SMILES string of the molecule is c1ccc2c(c1)Oc1c(-c3ccc(N(c4ccc(C56CC7CC(CC(C7)C5)C6)cc4)c4ccc(-c5cccc6ccccc56)c5ccccc45)cc3)ccc3c4ccccc4n-2c13. The minimum Gasteiger partial charge on any atom is -0.452 e. The number of anilines is 3. The zero-order valence-corrected chi connectivity index (χ0v) is 35.2. The monoisotopic (exact) mass is 810 g/mol. The molecule has 302 valence electrons. The van der Waals surface area contributed by atoms with Gasteiger partial charge in [0, 0.05) is 33.1 Å². The highest BCUT2D eigenvalue weighted by molar-refractivity contribution is 6.14. The largest absolute Gasteiger partial charge is 0.452 e. The van der Waals surface area contributed by atoms with Crippen LogP contribution >= 0.6 is 0 Å². The fourth-order valence-corrected chi connectivity index (χ4v) is 13.3. The van der Waals surface area contributed by atoms with E-state index in [0.29, 0.717) is 5.41 Å². The van der Waals surface area contributed by atoms with Gasteiger partial charge in [-0.2, -0.15) is 0 Å². The summed E-state index contributed by atoms with van der Waals surface area (Å²) >= 11 is 0. The zero-order valence-electron chi connectivity index (χ0n) is 35.2. The van der Waals surface area contributed by atoms with Crippen molar-refractivity contribution in [1.82, 2.24) is 4.57 Å². The normalized spacial score (nSPS) is 20.7. The molecule has 1 aromatic heterocycles. The number of ether oxygens (including phenoxy) is 1. The molecule has 1 aliphatic heterocycles. The summed E-state index contributed by atoms with van der Waals surface area (Å²) in [6.45, 7) is 0. The number of benzene rings is 9. The Kier molecular flexibility index (Phi) is 7.58. The van der Waals surface area contributed by atoms with E-state index in [-0.39, 0.29) is 0 Å². The summed E-state index contributed by atoms with van der Waals surface area (Å²) in [6.07, 6.45) is 8.48. The predicted octanol–water partition coefficient (Wildman–Crippen LogP) is 16.5. The number of aromatic nitrogens is 1. The second kappa shape index (κ2) is 13.4. The molecule has 2 heterocycles. The molecular weight excluding hydrogens is 765 g/mol. The van der Waals surface area contributed by atoms with Crippen LogP contribution in [0, 0.1) is 17.8 Å². The van der Waals surface area contributed by atoms with Crippen molar-refractivity contribution in [1.29, 1.82) is 0 Å². The molecule has 9 aromatic carbocycles. The Morgan fingerprint density at radius 1 is 0.460 bits per heavy atom. The number of nitrogens with zero attached hydrogens (tertiary/aromatic N) is 2. The maximum atomic E-state index is 6.87. The number of hydrogen-bond acceptors (Lipinski definition) is 2. The molecule has 4 bridgehead atoms. The average molecular weight is 811 g/mol. The maximum absolute atomic E-state index is 6.87. The van der Waals surface area contributed by atoms with Gasteiger partial charge in [0.05, 0.1) is 22.4 Å². The van der Waals surface area contributed by atoms with Gasteiger partial charge >= 0.3 is 0 Å². The summed E-state index contributed by atoms with van der Waals surface area (Å²) in [7, 11) is 0. The summed E-state index contributed by atoms with van der Waals surface area (Å²) in [5.74, 6) is 4.52. The summed E-state index contributed by atoms with van der Waals surface area (Å²) in [5, 5.41) is 7.45. The standard InChI is InChI=1S/C60H46N2O/c1-2-12-46-41(10-1)11-9-16-48(46)50-30-31-55(51-14-4-3-13-49(50)51)61(45-26-22-43(23-27-45)60-35-38-32-39(36-60)34-40(33-38)37-60)44-24-20-42(21-25-44)47-28-29-53-52-15-5-6-17-54(52)62-56-18-7-8-19-57(56)63-59(47)58(53)62/h1-31,38-40H,32-37H2. The molecule has 63 heavy (non-hydrogen) atoms. The van der Waals surface area contributed by atoms with Crippen molar-refractivity contribution in [2.45, 2.75) is 43.9 Å². The van der Waals surface area contributed by atoms with E-state index in [4.69, 9.17) is 4.74 Å². The zero-order chi connectivity index (χ0) is 41.2. The Morgan fingerprint density at radius 2 is 1.06 bits per heavy atom. The minimum absolute atomic E-state index is 0.349. The van der Waals surface area contributed by atoms with Gasteiger partial charge in [-0.25, -0.2) is 0 Å². The van der Waals surface area contributed by atoms with E-state index in [2.05, 4.69) is 198 Å². The lowest BCUT2D eigenvalue weighted by molar-refractivity contribution is -0.00518. The van der Waals surface area contributed by atoms with Gasteiger partial charge in [-0.05, 0) is 155 Å². The van der Waals surface area contributed by atoms with E-state index in [1.165, 1.54) is 98.9 Å². The molecule has 0 unspecified atom stereocenters. The van der Waals surface area contributed by atoms with Gasteiger partial charge < -0.3 is 14.2 Å². The first-order chi connectivity index (χ1) is 31.2. The maximum Gasteiger partial charge on any atom is 0.160 e. The van der Waals surface area contributed by atoms with Gasteiger partial charge in [-0.3, -0.25) is 0 Å². The predicted molar refractivity (Wildman–Crippen MR) is 261 cm³/mol. The average Bonchev–Trinajstić information content (AvgIpc) is 3.67. The van der Waals surface area contributed by atoms with Crippen LogP contribution in [-0.2, 0) is 5.41 Å². The highest BCUT2D eigenvalue weighted by Crippen LogP contribution is 2.61. The third-order valence-corrected chi connectivity index (χ3v) is 15.5. The quantitative estimate of drug-likeness (QED) is 0.166. The van der Waals surface area contributed by atoms with Gasteiger partial charge in [-0.15, -0.1) is 0 Å². The first-order valence-electron chi connectivity index (χ1n) is 23.0. The molecular formula is C60H46N2O. The first-order valence-corrected chi connectivity index (χ1v) is 23.0. The van der Waals surface area contributed by atoms with E-state index in [9.17, 15) is 0 Å². The van der Waals surface area contributed by atoms with Crippen molar-refractivity contribution in [3.8, 4) is 39.4 Å². The summed E-state index contributed by atoms with van der Waals surface area (Å²) in [4.78, 5) is 2.49. The number of rotatable bonds is 6. The van der Waals surface area contributed by atoms with Crippen molar-refractivity contribution >= 4 is 60.4 Å². The van der Waals surface area contributed by atoms with Crippen molar-refractivity contribution in [2.75, 3.05) is 4.90 Å². The Balaban J connectivity index is 0.920. The molecule has 5 aliphatic rings. The van der Waals surface area contributed by atoms with Crippen LogP contribution in [0.4, 0.5) is 17.1 Å². The van der Waals surface area contributed by atoms with E-state index >= 15 is 0 Å². The lowest BCUT2D eigenvalue weighted by atomic mass is 9.48. The molecule has 4 aliphatic carbocycles. The number of fused-ring (bicyclic) bond motifs is 7. The molecule has 0 saturated heterocycles. The lowest BCUT2D eigenvalue weighted by Crippen LogP contribution is -2.48. The molecule has 10 aromatic rings. The van der Waals surface area contributed by atoms with Crippen molar-refractivity contribution in [3.05, 3.63) is 194 Å². The van der Waals surface area contributed by atoms with Crippen LogP contribution in [-0.4, -0.2) is 4.57 Å². The Morgan fingerprint density at radius 3 is 1.84 bits per heavy atom. The minimum atomic E-state index is 0.349. The summed E-state index contributed by atoms with van der Waals surface area (Å²) < 4.78 is 9.26. The molecule has 4 fully saturated rings. The van der Waals surface area contributed by atoms with Gasteiger partial charge in [0.25, 0.3) is 0 Å². The van der Waals surface area contributed by atoms with E-state index in [1.54, 1.807) is 5.56 Å². The van der Waals surface area contributed by atoms with Gasteiger partial charge in [-0.1, -0.05) is 133 Å². The topological polar surface area (TPSA) is 17.4 Å². The molecule has 3 nitrogen and oxygen atoms in total. The van der Waals surface area contributed by atoms with E-state index in [0.717, 1.165) is 57.3 Å². The lowest BCUT2D eigenvalue weighted by Gasteiger charge is -2.57. The Hall–Kier alpha value is -7.10. The molecule has 3 heteroatoms. The summed E-state index contributed by atoms with van der Waals surface area (Å²) in [5.41, 5.74) is 13.5. The van der Waals surface area contributed by atoms with Crippen LogP contribution in [0.2, 0.25) is 0 Å². The third-order valence-electron chi connectivity index (χ3n) is 15.5. The molecule has 0 radical (unpaired) electrons. The molecule has 0 atom stereocenters. The molecule has 0 N–H and O–H groups in total. The molecule has 15 rings (SSSR count). The molecule has 4 saturated carbocycles. The smallest absolute Gasteiger partial charge is 0.160 e. The van der Waals surface area contributed by atoms with Crippen LogP contribution in [0.25, 0.3) is 71.3 Å². The number of para-hydroxylation sites is 3. The molecule has 0 amide bonds. The van der Waals surface area contributed by atoms with Crippen LogP contribution in [0.1, 0.15) is 44.1 Å². The third kappa shape index (κ3) is 5.32. The molecule has 0 spiro atoms. The van der Waals surface area contributed by atoms with Crippen LogP contribution in [0.15, 0.2) is 188 Å². The second-order valence-corrected chi connectivity index (χ2v) is 19.1. The van der Waals surface area contributed by atoms with Crippen LogP contribution in [0.3, 0.4) is 0 Å². The van der Waals surface area contributed by atoms with Crippen molar-refractivity contribution in [2.24, 2.45) is 17.8 Å². The Labute approximate surface area is 367 Å².